The Kier molecular flexibility index (Phi) is 5.94. The molecule has 1 unspecified atom stereocenters. The van der Waals surface area contributed by atoms with Crippen molar-refractivity contribution in [1.29, 1.82) is 0 Å². The Labute approximate surface area is 120 Å². The molecular formula is C11H11F6N3O2. The molecule has 0 aliphatic rings. The number of anilines is 1. The Bertz CT molecular complexity index is 491. The molecule has 0 spiro atoms. The van der Waals surface area contributed by atoms with Crippen LogP contribution < -0.4 is 5.32 Å². The fourth-order valence-corrected chi connectivity index (χ4v) is 1.56. The van der Waals surface area contributed by atoms with E-state index in [1.165, 1.54) is 0 Å². The van der Waals surface area contributed by atoms with Crippen molar-refractivity contribution < 1.29 is 35.9 Å². The number of nitrogens with one attached hydrogen (secondary N) is 1. The summed E-state index contributed by atoms with van der Waals surface area (Å²) in [5.74, 6) is -2.64. The van der Waals surface area contributed by atoms with Crippen molar-refractivity contribution >= 4 is 12.3 Å². The standard InChI is InChI=1S/C11H11F6N3O2/c12-10(13,14)1-2-19-9-7(3-18-5-20-9)8(4-22-6-21)11(15,16)17/h3,5-6,8H,1-2,4H2,(H,18,19,20). The Morgan fingerprint density at radius 3 is 2.50 bits per heavy atom. The molecule has 124 valence electrons. The van der Waals surface area contributed by atoms with Gasteiger partial charge in [0, 0.05) is 18.3 Å². The van der Waals surface area contributed by atoms with Gasteiger partial charge in [-0.3, -0.25) is 4.79 Å². The van der Waals surface area contributed by atoms with Gasteiger partial charge < -0.3 is 10.1 Å². The topological polar surface area (TPSA) is 64.1 Å². The number of alkyl halides is 6. The first-order valence-corrected chi connectivity index (χ1v) is 5.87. The molecule has 22 heavy (non-hydrogen) atoms. The fraction of sp³-hybridized carbons (Fsp3) is 0.545. The third kappa shape index (κ3) is 5.74. The quantitative estimate of drug-likeness (QED) is 0.615. The van der Waals surface area contributed by atoms with Crippen LogP contribution in [0.4, 0.5) is 32.2 Å². The van der Waals surface area contributed by atoms with Crippen molar-refractivity contribution in [2.24, 2.45) is 0 Å². The molecule has 0 aliphatic carbocycles. The molecule has 1 atom stereocenters. The van der Waals surface area contributed by atoms with E-state index >= 15 is 0 Å². The molecule has 1 heterocycles. The average Bonchev–Trinajstić information content (AvgIpc) is 2.38. The van der Waals surface area contributed by atoms with Crippen LogP contribution in [0.3, 0.4) is 0 Å². The summed E-state index contributed by atoms with van der Waals surface area (Å²) in [6.07, 6.45) is -8.76. The van der Waals surface area contributed by atoms with Crippen LogP contribution in [0.1, 0.15) is 17.9 Å². The van der Waals surface area contributed by atoms with Crippen LogP contribution in [-0.2, 0) is 9.53 Å². The lowest BCUT2D eigenvalue weighted by Gasteiger charge is -2.21. The Balaban J connectivity index is 2.94. The molecule has 1 rings (SSSR count). The first-order valence-electron chi connectivity index (χ1n) is 5.87. The Morgan fingerprint density at radius 1 is 1.27 bits per heavy atom. The Hall–Kier alpha value is -2.07. The van der Waals surface area contributed by atoms with E-state index < -0.39 is 49.2 Å². The summed E-state index contributed by atoms with van der Waals surface area (Å²) >= 11 is 0. The van der Waals surface area contributed by atoms with E-state index in [-0.39, 0.29) is 6.47 Å². The number of aromatic nitrogens is 2. The summed E-state index contributed by atoms with van der Waals surface area (Å²) in [6, 6.07) is 0. The SMILES string of the molecule is O=COCC(c1cncnc1NCCC(F)(F)F)C(F)(F)F. The summed E-state index contributed by atoms with van der Waals surface area (Å²) in [5, 5.41) is 2.18. The maximum atomic E-state index is 13.0. The second-order valence-electron chi connectivity index (χ2n) is 4.14. The van der Waals surface area contributed by atoms with Crippen LogP contribution in [0.5, 0.6) is 0 Å². The van der Waals surface area contributed by atoms with Gasteiger partial charge in [0.25, 0.3) is 6.47 Å². The minimum Gasteiger partial charge on any atom is -0.467 e. The van der Waals surface area contributed by atoms with Crippen LogP contribution in [0.2, 0.25) is 0 Å². The number of nitrogens with zero attached hydrogens (tertiary/aromatic N) is 2. The van der Waals surface area contributed by atoms with Gasteiger partial charge in [-0.15, -0.1) is 0 Å². The molecule has 0 aliphatic heterocycles. The van der Waals surface area contributed by atoms with Gasteiger partial charge in [-0.2, -0.15) is 26.3 Å². The van der Waals surface area contributed by atoms with Crippen LogP contribution in [0, 0.1) is 0 Å². The minimum atomic E-state index is -4.78. The van der Waals surface area contributed by atoms with Crippen LogP contribution in [0.25, 0.3) is 0 Å². The van der Waals surface area contributed by atoms with E-state index in [0.717, 1.165) is 12.5 Å². The number of hydrogen-bond donors (Lipinski definition) is 1. The van der Waals surface area contributed by atoms with E-state index in [1.54, 1.807) is 0 Å². The van der Waals surface area contributed by atoms with Crippen molar-refractivity contribution in [3.05, 3.63) is 18.1 Å². The third-order valence-corrected chi connectivity index (χ3v) is 2.54. The lowest BCUT2D eigenvalue weighted by molar-refractivity contribution is -0.164. The van der Waals surface area contributed by atoms with Crippen LogP contribution >= 0.6 is 0 Å². The highest BCUT2D eigenvalue weighted by molar-refractivity contribution is 5.45. The second-order valence-corrected chi connectivity index (χ2v) is 4.14. The molecule has 1 aromatic rings. The zero-order valence-electron chi connectivity index (χ0n) is 10.9. The highest BCUT2D eigenvalue weighted by atomic mass is 19.4. The lowest BCUT2D eigenvalue weighted by Crippen LogP contribution is -2.27. The van der Waals surface area contributed by atoms with E-state index in [1.807, 2.05) is 0 Å². The zero-order chi connectivity index (χ0) is 16.8. The summed E-state index contributed by atoms with van der Waals surface area (Å²) in [6.45, 7) is -1.82. The first kappa shape index (κ1) is 18.0. The third-order valence-electron chi connectivity index (χ3n) is 2.54. The lowest BCUT2D eigenvalue weighted by atomic mass is 10.0. The number of hydrogen-bond acceptors (Lipinski definition) is 5. The van der Waals surface area contributed by atoms with Gasteiger partial charge in [0.05, 0.1) is 6.42 Å². The number of halogens is 6. The molecule has 0 saturated carbocycles. The monoisotopic (exact) mass is 331 g/mol. The van der Waals surface area contributed by atoms with Gasteiger partial charge in [-0.1, -0.05) is 0 Å². The molecule has 1 aromatic heterocycles. The van der Waals surface area contributed by atoms with Gasteiger partial charge in [-0.05, 0) is 0 Å². The van der Waals surface area contributed by atoms with E-state index in [4.69, 9.17) is 0 Å². The smallest absolute Gasteiger partial charge is 0.399 e. The Morgan fingerprint density at radius 2 is 1.95 bits per heavy atom. The molecule has 5 nitrogen and oxygen atoms in total. The summed E-state index contributed by atoms with van der Waals surface area (Å²) < 4.78 is 79.2. The van der Waals surface area contributed by atoms with Crippen molar-refractivity contribution in [3.63, 3.8) is 0 Å². The predicted octanol–water partition coefficient (Wildman–Crippen LogP) is 2.66. The highest BCUT2D eigenvalue weighted by Crippen LogP contribution is 2.37. The largest absolute Gasteiger partial charge is 0.467 e. The van der Waals surface area contributed by atoms with Crippen molar-refractivity contribution in [3.8, 4) is 0 Å². The predicted molar refractivity (Wildman–Crippen MR) is 62.0 cm³/mol. The molecular weight excluding hydrogens is 320 g/mol. The molecule has 0 saturated heterocycles. The number of carbonyl (C=O) groups is 1. The van der Waals surface area contributed by atoms with E-state index in [0.29, 0.717) is 0 Å². The molecule has 1 N–H and O–H groups in total. The van der Waals surface area contributed by atoms with Gasteiger partial charge in [0.2, 0.25) is 0 Å². The van der Waals surface area contributed by atoms with Crippen molar-refractivity contribution in [2.75, 3.05) is 18.5 Å². The summed E-state index contributed by atoms with van der Waals surface area (Å²) in [7, 11) is 0. The molecule has 0 bridgehead atoms. The maximum absolute atomic E-state index is 13.0. The van der Waals surface area contributed by atoms with Crippen LogP contribution in [-0.4, -0.2) is 41.9 Å². The first-order chi connectivity index (χ1) is 10.1. The maximum Gasteiger partial charge on any atom is 0.399 e. The molecule has 0 fully saturated rings. The fourth-order valence-electron chi connectivity index (χ4n) is 1.56. The summed E-state index contributed by atoms with van der Waals surface area (Å²) in [4.78, 5) is 17.0. The highest BCUT2D eigenvalue weighted by Gasteiger charge is 2.43. The number of rotatable bonds is 7. The van der Waals surface area contributed by atoms with Crippen LogP contribution in [0.15, 0.2) is 12.5 Å². The van der Waals surface area contributed by atoms with Gasteiger partial charge in [0.1, 0.15) is 24.7 Å². The van der Waals surface area contributed by atoms with Gasteiger partial charge in [-0.25, -0.2) is 9.97 Å². The minimum absolute atomic E-state index is 0.153. The molecule has 0 aromatic carbocycles. The van der Waals surface area contributed by atoms with E-state index in [9.17, 15) is 31.1 Å². The molecule has 0 amide bonds. The van der Waals surface area contributed by atoms with E-state index in [2.05, 4.69) is 20.0 Å². The van der Waals surface area contributed by atoms with Gasteiger partial charge in [0.15, 0.2) is 0 Å². The molecule has 0 radical (unpaired) electrons. The number of ether oxygens (including phenoxy) is 1. The van der Waals surface area contributed by atoms with Crippen molar-refractivity contribution in [2.45, 2.75) is 24.7 Å². The van der Waals surface area contributed by atoms with Crippen molar-refractivity contribution in [1.82, 2.24) is 9.97 Å². The summed E-state index contributed by atoms with van der Waals surface area (Å²) in [5.41, 5.74) is -0.501. The zero-order valence-corrected chi connectivity index (χ0v) is 10.9. The normalized spacial score (nSPS) is 13.5. The van der Waals surface area contributed by atoms with Gasteiger partial charge >= 0.3 is 12.4 Å². The average molecular weight is 331 g/mol. The molecule has 11 heteroatoms. The second kappa shape index (κ2) is 7.27. The number of carbonyl (C=O) groups excluding carboxylic acids is 1.